The molecule has 2 aliphatic rings. The van der Waals surface area contributed by atoms with Crippen LogP contribution in [0.3, 0.4) is 0 Å². The average molecular weight is 369 g/mol. The Bertz CT molecular complexity index is 747. The first-order chi connectivity index (χ1) is 12.5. The Kier molecular flexibility index (Phi) is 5.16. The van der Waals surface area contributed by atoms with Crippen molar-refractivity contribution in [3.8, 4) is 11.8 Å². The van der Waals surface area contributed by atoms with E-state index in [4.69, 9.17) is 9.47 Å². The predicted molar refractivity (Wildman–Crippen MR) is 107 cm³/mol. The Labute approximate surface area is 163 Å². The van der Waals surface area contributed by atoms with Crippen LogP contribution in [-0.2, 0) is 14.3 Å². The molecular formula is C24H32O3. The van der Waals surface area contributed by atoms with E-state index in [-0.39, 0.29) is 28.5 Å². The van der Waals surface area contributed by atoms with Crippen LogP contribution in [0.2, 0.25) is 0 Å². The molecule has 1 aromatic carbocycles. The van der Waals surface area contributed by atoms with E-state index >= 15 is 0 Å². The van der Waals surface area contributed by atoms with E-state index in [1.165, 1.54) is 0 Å². The monoisotopic (exact) mass is 368 g/mol. The maximum Gasteiger partial charge on any atom is 0.385 e. The van der Waals surface area contributed by atoms with Crippen molar-refractivity contribution in [3.05, 3.63) is 35.9 Å². The lowest BCUT2D eigenvalue weighted by atomic mass is 9.70. The molecule has 2 aliphatic carbocycles. The van der Waals surface area contributed by atoms with Gasteiger partial charge in [0.15, 0.2) is 0 Å². The zero-order valence-corrected chi connectivity index (χ0v) is 17.5. The number of hydrogen-bond donors (Lipinski definition) is 0. The van der Waals surface area contributed by atoms with Gasteiger partial charge < -0.3 is 9.47 Å². The molecule has 3 nitrogen and oxygen atoms in total. The van der Waals surface area contributed by atoms with Gasteiger partial charge in [-0.3, -0.25) is 0 Å². The molecule has 3 heteroatoms. The van der Waals surface area contributed by atoms with E-state index < -0.39 is 5.97 Å². The minimum Gasteiger partial charge on any atom is -0.449 e. The summed E-state index contributed by atoms with van der Waals surface area (Å²) in [5, 5.41) is 0. The van der Waals surface area contributed by atoms with Crippen LogP contribution in [0.5, 0.6) is 0 Å². The fraction of sp³-hybridized carbons (Fsp3) is 0.625. The van der Waals surface area contributed by atoms with Crippen molar-refractivity contribution in [2.24, 2.45) is 22.2 Å². The third kappa shape index (κ3) is 3.78. The largest absolute Gasteiger partial charge is 0.449 e. The molecule has 2 fully saturated rings. The normalized spacial score (nSPS) is 31.3. The lowest BCUT2D eigenvalue weighted by Gasteiger charge is -2.39. The predicted octanol–water partition coefficient (Wildman–Crippen LogP) is 4.84. The summed E-state index contributed by atoms with van der Waals surface area (Å²) in [6.07, 6.45) is 1.89. The third-order valence-electron chi connectivity index (χ3n) is 6.72. The highest BCUT2D eigenvalue weighted by atomic mass is 16.6. The zero-order chi connectivity index (χ0) is 19.9. The fourth-order valence-electron chi connectivity index (χ4n) is 4.76. The van der Waals surface area contributed by atoms with E-state index in [1.54, 1.807) is 0 Å². The quantitative estimate of drug-likeness (QED) is 0.566. The van der Waals surface area contributed by atoms with Gasteiger partial charge in [-0.05, 0) is 41.7 Å². The van der Waals surface area contributed by atoms with Crippen LogP contribution < -0.4 is 0 Å². The van der Waals surface area contributed by atoms with E-state index in [0.717, 1.165) is 18.4 Å². The molecule has 0 aromatic heterocycles. The molecule has 0 amide bonds. The number of hydrogen-bond acceptors (Lipinski definition) is 3. The minimum absolute atomic E-state index is 0.0551. The number of ether oxygens (including phenoxy) is 2. The molecule has 0 unspecified atom stereocenters. The molecule has 27 heavy (non-hydrogen) atoms. The topological polar surface area (TPSA) is 35.5 Å². The molecule has 0 spiro atoms. The van der Waals surface area contributed by atoms with Crippen molar-refractivity contribution < 1.29 is 14.3 Å². The molecule has 4 atom stereocenters. The van der Waals surface area contributed by atoms with Crippen molar-refractivity contribution >= 4 is 5.97 Å². The van der Waals surface area contributed by atoms with Crippen LogP contribution in [0.15, 0.2) is 30.3 Å². The molecule has 3 rings (SSSR count). The summed E-state index contributed by atoms with van der Waals surface area (Å²) in [5.41, 5.74) is 0.890. The highest BCUT2D eigenvalue weighted by Gasteiger charge is 2.68. The summed E-state index contributed by atoms with van der Waals surface area (Å²) in [6.45, 7) is 14.0. The van der Waals surface area contributed by atoms with Gasteiger partial charge in [-0.1, -0.05) is 65.7 Å². The molecule has 2 bridgehead atoms. The van der Waals surface area contributed by atoms with E-state index in [2.05, 4.69) is 53.4 Å². The van der Waals surface area contributed by atoms with Crippen LogP contribution in [0.1, 0.15) is 59.9 Å². The first-order valence-corrected chi connectivity index (χ1v) is 9.94. The van der Waals surface area contributed by atoms with Crippen LogP contribution in [0.4, 0.5) is 0 Å². The maximum atomic E-state index is 12.5. The molecular weight excluding hydrogens is 336 g/mol. The van der Waals surface area contributed by atoms with Gasteiger partial charge in [0, 0.05) is 16.9 Å². The van der Waals surface area contributed by atoms with Gasteiger partial charge in [-0.15, -0.1) is 0 Å². The lowest BCUT2D eigenvalue weighted by molar-refractivity contribution is -0.164. The number of carbonyl (C=O) groups excluding carboxylic acids is 1. The number of benzene rings is 1. The number of fused-ring (bicyclic) bond motifs is 2. The number of esters is 1. The third-order valence-corrected chi connectivity index (χ3v) is 6.72. The van der Waals surface area contributed by atoms with Crippen LogP contribution in [0, 0.1) is 34.0 Å². The molecule has 2 saturated carbocycles. The summed E-state index contributed by atoms with van der Waals surface area (Å²) in [7, 11) is 0. The van der Waals surface area contributed by atoms with Gasteiger partial charge in [0.2, 0.25) is 0 Å². The van der Waals surface area contributed by atoms with Crippen LogP contribution in [-0.4, -0.2) is 24.8 Å². The Morgan fingerprint density at radius 3 is 2.48 bits per heavy atom. The van der Waals surface area contributed by atoms with Gasteiger partial charge in [0.25, 0.3) is 0 Å². The zero-order valence-electron chi connectivity index (χ0n) is 17.5. The van der Waals surface area contributed by atoms with Crippen LogP contribution in [0.25, 0.3) is 0 Å². The van der Waals surface area contributed by atoms with Gasteiger partial charge in [-0.2, -0.15) is 0 Å². The Morgan fingerprint density at radius 1 is 1.19 bits per heavy atom. The lowest BCUT2D eigenvalue weighted by Crippen LogP contribution is -2.44. The van der Waals surface area contributed by atoms with Crippen molar-refractivity contribution in [1.29, 1.82) is 0 Å². The Morgan fingerprint density at radius 2 is 1.85 bits per heavy atom. The average Bonchev–Trinajstić information content (AvgIpc) is 2.91. The highest BCUT2D eigenvalue weighted by Crippen LogP contribution is 2.67. The van der Waals surface area contributed by atoms with E-state index in [0.29, 0.717) is 12.5 Å². The number of rotatable bonds is 3. The summed E-state index contributed by atoms with van der Waals surface area (Å²) < 4.78 is 12.3. The summed E-state index contributed by atoms with van der Waals surface area (Å²) in [4.78, 5) is 12.5. The smallest absolute Gasteiger partial charge is 0.385 e. The SMILES string of the molecule is CC(C)(C)CO[C@@H]1[C@H]2CC[C@@](C)([C@@H]1OC(=O)C#Cc1ccccc1)C2(C)C. The van der Waals surface area contributed by atoms with E-state index in [9.17, 15) is 4.79 Å². The van der Waals surface area contributed by atoms with Crippen LogP contribution >= 0.6 is 0 Å². The van der Waals surface area contributed by atoms with Gasteiger partial charge >= 0.3 is 5.97 Å². The molecule has 0 N–H and O–H groups in total. The van der Waals surface area contributed by atoms with Gasteiger partial charge in [-0.25, -0.2) is 4.79 Å². The second-order valence-electron chi connectivity index (χ2n) is 10.1. The first-order valence-electron chi connectivity index (χ1n) is 9.94. The standard InChI is InChI=1S/C24H32O3/c1-22(2,3)16-26-20-18-14-15-24(6,23(18,4)5)21(20)27-19(25)13-12-17-10-8-7-9-11-17/h7-11,18,20-21H,14-16H2,1-6H3/t18-,20-,21-,24+/m1/s1. The molecule has 0 heterocycles. The molecule has 0 radical (unpaired) electrons. The molecule has 1 aromatic rings. The van der Waals surface area contributed by atoms with Crippen molar-refractivity contribution in [1.82, 2.24) is 0 Å². The van der Waals surface area contributed by atoms with Crippen molar-refractivity contribution in [2.75, 3.05) is 6.61 Å². The second kappa shape index (κ2) is 6.99. The van der Waals surface area contributed by atoms with E-state index in [1.807, 2.05) is 30.3 Å². The number of carbonyl (C=O) groups is 1. The Balaban J connectivity index is 1.78. The van der Waals surface area contributed by atoms with Crippen molar-refractivity contribution in [2.45, 2.75) is 66.6 Å². The van der Waals surface area contributed by atoms with Gasteiger partial charge in [0.05, 0.1) is 12.7 Å². The second-order valence-corrected chi connectivity index (χ2v) is 10.1. The fourth-order valence-corrected chi connectivity index (χ4v) is 4.76. The van der Waals surface area contributed by atoms with Crippen molar-refractivity contribution in [3.63, 3.8) is 0 Å². The first kappa shape index (κ1) is 20.0. The summed E-state index contributed by atoms with van der Waals surface area (Å²) >= 11 is 0. The maximum absolute atomic E-state index is 12.5. The highest BCUT2D eigenvalue weighted by molar-refractivity contribution is 5.89. The minimum atomic E-state index is -0.460. The molecule has 0 aliphatic heterocycles. The summed E-state index contributed by atoms with van der Waals surface area (Å²) in [5.74, 6) is 5.50. The van der Waals surface area contributed by atoms with Gasteiger partial charge in [0.1, 0.15) is 6.10 Å². The summed E-state index contributed by atoms with van der Waals surface area (Å²) in [6, 6.07) is 9.52. The molecule has 0 saturated heterocycles. The molecule has 146 valence electrons. The Hall–Kier alpha value is -1.79.